The summed E-state index contributed by atoms with van der Waals surface area (Å²) in [7, 11) is 2.65. The van der Waals surface area contributed by atoms with Gasteiger partial charge in [0.05, 0.1) is 37.4 Å². The number of rotatable bonds is 8. The maximum atomic E-state index is 12.6. The molecule has 0 aliphatic carbocycles. The molecule has 2 heterocycles. The summed E-state index contributed by atoms with van der Waals surface area (Å²) in [6.07, 6.45) is 0. The average molecular weight is 569 g/mol. The fourth-order valence-corrected chi connectivity index (χ4v) is 5.01. The highest BCUT2D eigenvalue weighted by molar-refractivity contribution is 7.80. The van der Waals surface area contributed by atoms with E-state index in [-0.39, 0.29) is 6.79 Å². The minimum Gasteiger partial charge on any atom is -0.466 e. The smallest absolute Gasteiger partial charge is 0.337 e. The molecule has 39 heavy (non-hydrogen) atoms. The van der Waals surface area contributed by atoms with Gasteiger partial charge in [-0.3, -0.25) is 0 Å². The van der Waals surface area contributed by atoms with Gasteiger partial charge in [-0.05, 0) is 50.4 Å². The van der Waals surface area contributed by atoms with E-state index in [1.165, 1.54) is 14.2 Å². The second-order valence-corrected chi connectivity index (χ2v) is 9.42. The number of ether oxygens (including phenoxy) is 4. The fraction of sp³-hybridized carbons (Fsp3) is 0.259. The molecule has 12 heteroatoms. The van der Waals surface area contributed by atoms with Gasteiger partial charge in [-0.1, -0.05) is 36.4 Å². The lowest BCUT2D eigenvalue weighted by atomic mass is 9.95. The van der Waals surface area contributed by atoms with Crippen LogP contribution in [0.3, 0.4) is 0 Å². The number of para-hydroxylation sites is 2. The van der Waals surface area contributed by atoms with Gasteiger partial charge in [0, 0.05) is 22.5 Å². The molecule has 4 rings (SSSR count). The summed E-state index contributed by atoms with van der Waals surface area (Å²) in [5, 5.41) is 12.9. The Morgan fingerprint density at radius 3 is 1.49 bits per heavy atom. The van der Waals surface area contributed by atoms with E-state index in [4.69, 9.17) is 43.4 Å². The molecule has 2 aromatic rings. The molecule has 0 radical (unpaired) electrons. The van der Waals surface area contributed by atoms with Gasteiger partial charge in [-0.15, -0.1) is 0 Å². The van der Waals surface area contributed by atoms with Gasteiger partial charge in [0.15, 0.2) is 10.2 Å². The van der Waals surface area contributed by atoms with Gasteiger partial charge < -0.3 is 40.2 Å². The van der Waals surface area contributed by atoms with Crippen LogP contribution in [0.15, 0.2) is 71.1 Å². The van der Waals surface area contributed by atoms with Crippen LogP contribution in [0.5, 0.6) is 11.5 Å². The third-order valence-electron chi connectivity index (χ3n) is 6.24. The highest BCUT2D eigenvalue weighted by Crippen LogP contribution is 2.35. The van der Waals surface area contributed by atoms with Crippen molar-refractivity contribution in [3.8, 4) is 11.5 Å². The molecule has 0 spiro atoms. The van der Waals surface area contributed by atoms with E-state index in [2.05, 4.69) is 21.3 Å². The summed E-state index contributed by atoms with van der Waals surface area (Å²) in [4.78, 5) is 25.2. The lowest BCUT2D eigenvalue weighted by molar-refractivity contribution is -0.137. The van der Waals surface area contributed by atoms with Crippen LogP contribution in [-0.2, 0) is 19.1 Å². The number of carbonyl (C=O) groups is 2. The fourth-order valence-electron chi connectivity index (χ4n) is 4.47. The zero-order chi connectivity index (χ0) is 28.1. The highest BCUT2D eigenvalue weighted by Gasteiger charge is 2.34. The number of hydrogen-bond donors (Lipinski definition) is 4. The zero-order valence-corrected chi connectivity index (χ0v) is 23.4. The predicted octanol–water partition coefficient (Wildman–Crippen LogP) is 3.03. The van der Waals surface area contributed by atoms with Crippen LogP contribution in [0.2, 0.25) is 0 Å². The van der Waals surface area contributed by atoms with E-state index in [0.717, 1.165) is 0 Å². The van der Waals surface area contributed by atoms with Crippen molar-refractivity contribution in [1.82, 2.24) is 21.3 Å². The quantitative estimate of drug-likeness (QED) is 0.213. The summed E-state index contributed by atoms with van der Waals surface area (Å²) < 4.78 is 22.1. The normalized spacial score (nSPS) is 18.8. The van der Waals surface area contributed by atoms with E-state index in [0.29, 0.717) is 55.4 Å². The molecule has 0 saturated heterocycles. The molecular formula is C27H28N4O6S2. The van der Waals surface area contributed by atoms with Crippen molar-refractivity contribution in [3.05, 3.63) is 82.2 Å². The van der Waals surface area contributed by atoms with Crippen LogP contribution in [0.4, 0.5) is 0 Å². The average Bonchev–Trinajstić information content (AvgIpc) is 2.92. The Balaban J connectivity index is 1.59. The lowest BCUT2D eigenvalue weighted by Crippen LogP contribution is -2.45. The minimum atomic E-state index is -0.592. The number of thiocarbonyl (C=S) groups is 2. The van der Waals surface area contributed by atoms with Crippen LogP contribution in [0.25, 0.3) is 0 Å². The van der Waals surface area contributed by atoms with Crippen molar-refractivity contribution in [2.24, 2.45) is 0 Å². The third-order valence-corrected chi connectivity index (χ3v) is 6.68. The molecule has 0 bridgehead atoms. The SMILES string of the molecule is COC(=O)C1=C(C)NC(=S)N[C@H]1c1ccccc1OCOc1ccccc1[C@H]1NC(=S)NC(C)=C1C(=O)OC. The van der Waals surface area contributed by atoms with E-state index in [9.17, 15) is 9.59 Å². The largest absolute Gasteiger partial charge is 0.466 e. The molecular weight excluding hydrogens is 540 g/mol. The topological polar surface area (TPSA) is 119 Å². The standard InChI is InChI=1S/C27H28N4O6S2/c1-14-20(24(32)34-3)22(30-26(38)28-14)16-9-5-7-11-18(16)36-13-37-19-12-8-6-10-17(19)23-21(25(33)35-4)15(2)29-27(39)31-23/h5-12,22-23H,13H2,1-4H3,(H2,28,30,38)(H2,29,31,39)/t22-,23+. The molecule has 2 aliphatic heterocycles. The van der Waals surface area contributed by atoms with Crippen molar-refractivity contribution < 1.29 is 28.5 Å². The number of esters is 2. The van der Waals surface area contributed by atoms with Crippen LogP contribution in [0, 0.1) is 0 Å². The monoisotopic (exact) mass is 568 g/mol. The molecule has 0 amide bonds. The first-order chi connectivity index (χ1) is 18.7. The maximum absolute atomic E-state index is 12.6. The Morgan fingerprint density at radius 2 is 1.10 bits per heavy atom. The van der Waals surface area contributed by atoms with Crippen molar-refractivity contribution in [1.29, 1.82) is 0 Å². The maximum Gasteiger partial charge on any atom is 0.337 e. The van der Waals surface area contributed by atoms with Gasteiger partial charge in [0.1, 0.15) is 11.5 Å². The van der Waals surface area contributed by atoms with Gasteiger partial charge in [0.25, 0.3) is 0 Å². The van der Waals surface area contributed by atoms with Crippen LogP contribution < -0.4 is 30.7 Å². The Morgan fingerprint density at radius 1 is 0.718 bits per heavy atom. The third kappa shape index (κ3) is 5.96. The van der Waals surface area contributed by atoms with Gasteiger partial charge in [0.2, 0.25) is 6.79 Å². The summed E-state index contributed by atoms with van der Waals surface area (Å²) >= 11 is 10.7. The van der Waals surface area contributed by atoms with Crippen molar-refractivity contribution >= 4 is 46.6 Å². The van der Waals surface area contributed by atoms with E-state index < -0.39 is 24.0 Å². The Hall–Kier alpha value is -4.16. The second kappa shape index (κ2) is 12.1. The number of nitrogens with one attached hydrogen (secondary N) is 4. The Bertz CT molecular complexity index is 1290. The Labute approximate surface area is 236 Å². The summed E-state index contributed by atoms with van der Waals surface area (Å²) in [6.45, 7) is 3.36. The van der Waals surface area contributed by atoms with Gasteiger partial charge >= 0.3 is 11.9 Å². The van der Waals surface area contributed by atoms with E-state index in [1.54, 1.807) is 26.0 Å². The first-order valence-electron chi connectivity index (χ1n) is 11.9. The minimum absolute atomic E-state index is 0.161. The first-order valence-corrected chi connectivity index (χ1v) is 12.7. The predicted molar refractivity (Wildman–Crippen MR) is 152 cm³/mol. The molecule has 10 nitrogen and oxygen atoms in total. The van der Waals surface area contributed by atoms with Crippen LogP contribution in [-0.4, -0.2) is 43.2 Å². The number of benzene rings is 2. The van der Waals surface area contributed by atoms with Crippen molar-refractivity contribution in [3.63, 3.8) is 0 Å². The summed E-state index contributed by atoms with van der Waals surface area (Å²) in [6, 6.07) is 13.3. The summed E-state index contributed by atoms with van der Waals surface area (Å²) in [5.74, 6) is -0.00802. The van der Waals surface area contributed by atoms with Gasteiger partial charge in [-0.25, -0.2) is 9.59 Å². The molecule has 0 unspecified atom stereocenters. The molecule has 0 aromatic heterocycles. The van der Waals surface area contributed by atoms with E-state index >= 15 is 0 Å². The molecule has 4 N–H and O–H groups in total. The second-order valence-electron chi connectivity index (χ2n) is 8.61. The van der Waals surface area contributed by atoms with Crippen LogP contribution >= 0.6 is 24.4 Å². The number of methoxy groups -OCH3 is 2. The lowest BCUT2D eigenvalue weighted by Gasteiger charge is -2.31. The molecule has 0 saturated carbocycles. The zero-order valence-electron chi connectivity index (χ0n) is 21.7. The number of hydrogen-bond acceptors (Lipinski definition) is 8. The molecule has 2 aliphatic rings. The van der Waals surface area contributed by atoms with E-state index in [1.807, 2.05) is 36.4 Å². The number of carbonyl (C=O) groups excluding carboxylic acids is 2. The first kappa shape index (κ1) is 27.9. The molecule has 2 aromatic carbocycles. The summed E-state index contributed by atoms with van der Waals surface area (Å²) in [5.41, 5.74) is 3.31. The molecule has 204 valence electrons. The highest BCUT2D eigenvalue weighted by atomic mass is 32.1. The van der Waals surface area contributed by atoms with Crippen LogP contribution in [0.1, 0.15) is 37.1 Å². The molecule has 2 atom stereocenters. The van der Waals surface area contributed by atoms with Crippen molar-refractivity contribution in [2.45, 2.75) is 25.9 Å². The Kier molecular flexibility index (Phi) is 8.67. The van der Waals surface area contributed by atoms with Crippen molar-refractivity contribution in [2.75, 3.05) is 21.0 Å². The van der Waals surface area contributed by atoms with Gasteiger partial charge in [-0.2, -0.15) is 0 Å². The molecule has 0 fully saturated rings. The number of allylic oxidation sites excluding steroid dienone is 2.